The van der Waals surface area contributed by atoms with Crippen LogP contribution in [0.1, 0.15) is 51.8 Å². The molecular weight excluding hydrogens is 393 g/mol. The number of aromatic nitrogens is 1. The molecule has 0 aliphatic rings. The molecule has 0 fully saturated rings. The molecule has 0 radical (unpaired) electrons. The number of pyridine rings is 1. The van der Waals surface area contributed by atoms with Gasteiger partial charge < -0.3 is 15.0 Å². The van der Waals surface area contributed by atoms with Gasteiger partial charge in [0.1, 0.15) is 5.75 Å². The summed E-state index contributed by atoms with van der Waals surface area (Å²) in [6, 6.07) is 3.19. The Morgan fingerprint density at radius 2 is 1.79 bits per heavy atom. The predicted octanol–water partition coefficient (Wildman–Crippen LogP) is 5.13. The van der Waals surface area contributed by atoms with E-state index in [1.54, 1.807) is 0 Å². The lowest BCUT2D eigenvalue weighted by molar-refractivity contribution is -0.137. The number of unbranched alkanes of at least 4 members (excludes halogenated alkanes) is 1. The Morgan fingerprint density at radius 1 is 1.14 bits per heavy atom. The fourth-order valence-electron chi connectivity index (χ4n) is 2.97. The summed E-state index contributed by atoms with van der Waals surface area (Å²) in [5.74, 6) is 0.401. The van der Waals surface area contributed by atoms with Gasteiger partial charge in [-0.25, -0.2) is 0 Å². The minimum absolute atomic E-state index is 0. The average Bonchev–Trinajstić information content (AvgIpc) is 2.56. The summed E-state index contributed by atoms with van der Waals surface area (Å²) in [5.41, 5.74) is 4.84. The summed E-state index contributed by atoms with van der Waals surface area (Å²) >= 11 is 0. The molecule has 4 nitrogen and oxygen atoms in total. The van der Waals surface area contributed by atoms with E-state index in [2.05, 4.69) is 0 Å². The zero-order valence-corrected chi connectivity index (χ0v) is 17.5. The maximum absolute atomic E-state index is 13.2. The average molecular weight is 421 g/mol. The number of benzene rings is 1. The summed E-state index contributed by atoms with van der Waals surface area (Å²) in [7, 11) is 0. The molecule has 0 aliphatic heterocycles. The highest BCUT2D eigenvalue weighted by Gasteiger charge is 2.31. The molecule has 1 aromatic heterocycles. The molecule has 0 spiro atoms. The Balaban J connectivity index is 0.00000392. The Labute approximate surface area is 169 Å². The quantitative estimate of drug-likeness (QED) is 0.659. The zero-order valence-electron chi connectivity index (χ0n) is 16.7. The van der Waals surface area contributed by atoms with Gasteiger partial charge in [-0.05, 0) is 30.0 Å². The highest BCUT2D eigenvalue weighted by Crippen LogP contribution is 2.35. The third-order valence-corrected chi connectivity index (χ3v) is 4.23. The highest BCUT2D eigenvalue weighted by molar-refractivity contribution is 5.89. The van der Waals surface area contributed by atoms with Crippen LogP contribution < -0.4 is 16.0 Å². The van der Waals surface area contributed by atoms with Gasteiger partial charge in [0, 0.05) is 18.5 Å². The molecule has 1 heterocycles. The lowest BCUT2D eigenvalue weighted by atomic mass is 9.96. The number of halogens is 4. The van der Waals surface area contributed by atoms with Crippen molar-refractivity contribution in [3.8, 4) is 5.75 Å². The van der Waals surface area contributed by atoms with Crippen molar-refractivity contribution in [3.05, 3.63) is 39.8 Å². The maximum atomic E-state index is 13.2. The lowest BCUT2D eigenvalue weighted by Gasteiger charge is -2.25. The van der Waals surface area contributed by atoms with Crippen molar-refractivity contribution in [2.24, 2.45) is 11.1 Å². The fourth-order valence-corrected chi connectivity index (χ4v) is 2.97. The molecule has 28 heavy (non-hydrogen) atoms. The minimum atomic E-state index is -4.52. The summed E-state index contributed by atoms with van der Waals surface area (Å²) < 4.78 is 46.8. The first-order chi connectivity index (χ1) is 12.5. The zero-order chi connectivity index (χ0) is 20.4. The molecule has 0 saturated heterocycles. The molecule has 0 bridgehead atoms. The van der Waals surface area contributed by atoms with Crippen molar-refractivity contribution in [1.82, 2.24) is 4.57 Å². The van der Waals surface area contributed by atoms with E-state index in [1.807, 2.05) is 27.7 Å². The molecule has 2 aromatic rings. The monoisotopic (exact) mass is 420 g/mol. The first kappa shape index (κ1) is 24.3. The van der Waals surface area contributed by atoms with Crippen LogP contribution in [0.3, 0.4) is 0 Å². The van der Waals surface area contributed by atoms with Crippen LogP contribution in [-0.4, -0.2) is 11.2 Å². The number of nitrogens with zero attached hydrogens (tertiary/aromatic N) is 1. The molecule has 2 rings (SSSR count). The third-order valence-electron chi connectivity index (χ3n) is 4.23. The van der Waals surface area contributed by atoms with E-state index in [-0.39, 0.29) is 29.8 Å². The Kier molecular flexibility index (Phi) is 7.97. The van der Waals surface area contributed by atoms with Gasteiger partial charge in [0.15, 0.2) is 0 Å². The highest BCUT2D eigenvalue weighted by atomic mass is 35.5. The topological polar surface area (TPSA) is 57.2 Å². The maximum Gasteiger partial charge on any atom is 0.416 e. The van der Waals surface area contributed by atoms with E-state index in [0.29, 0.717) is 30.0 Å². The summed E-state index contributed by atoms with van der Waals surface area (Å²) in [4.78, 5) is 13.0. The molecule has 158 valence electrons. The number of nitrogens with two attached hydrogens (primary N) is 1. The summed E-state index contributed by atoms with van der Waals surface area (Å²) in [6.45, 7) is 8.67. The van der Waals surface area contributed by atoms with Gasteiger partial charge in [-0.15, -0.1) is 12.4 Å². The Bertz CT molecular complexity index is 871. The van der Waals surface area contributed by atoms with Gasteiger partial charge in [-0.3, -0.25) is 4.79 Å². The van der Waals surface area contributed by atoms with Crippen LogP contribution in [0.25, 0.3) is 10.8 Å². The van der Waals surface area contributed by atoms with Crippen molar-refractivity contribution in [2.45, 2.75) is 59.8 Å². The van der Waals surface area contributed by atoms with E-state index in [4.69, 9.17) is 10.5 Å². The third kappa shape index (κ3) is 5.41. The predicted molar refractivity (Wildman–Crippen MR) is 108 cm³/mol. The molecule has 0 unspecified atom stereocenters. The van der Waals surface area contributed by atoms with Crippen molar-refractivity contribution in [3.63, 3.8) is 0 Å². The summed E-state index contributed by atoms with van der Waals surface area (Å²) in [6.07, 6.45) is -2.81. The second-order valence-corrected chi connectivity index (χ2v) is 7.89. The largest absolute Gasteiger partial charge is 0.491 e. The smallest absolute Gasteiger partial charge is 0.416 e. The number of fused-ring (bicyclic) bond motifs is 1. The van der Waals surface area contributed by atoms with Crippen LogP contribution in [0.15, 0.2) is 23.0 Å². The van der Waals surface area contributed by atoms with Gasteiger partial charge in [0.05, 0.1) is 23.3 Å². The normalized spacial score (nSPS) is 12.1. The van der Waals surface area contributed by atoms with E-state index >= 15 is 0 Å². The van der Waals surface area contributed by atoms with Gasteiger partial charge in [-0.2, -0.15) is 13.2 Å². The van der Waals surface area contributed by atoms with E-state index < -0.39 is 17.3 Å². The van der Waals surface area contributed by atoms with Gasteiger partial charge in [0.2, 0.25) is 0 Å². The van der Waals surface area contributed by atoms with Crippen molar-refractivity contribution >= 4 is 23.2 Å². The first-order valence-corrected chi connectivity index (χ1v) is 9.09. The van der Waals surface area contributed by atoms with E-state index in [1.165, 1.54) is 10.6 Å². The molecule has 0 atom stereocenters. The number of hydrogen-bond acceptors (Lipinski definition) is 3. The minimum Gasteiger partial charge on any atom is -0.491 e. The van der Waals surface area contributed by atoms with Crippen molar-refractivity contribution in [1.29, 1.82) is 0 Å². The number of rotatable bonds is 6. The SMILES string of the molecule is CCCCOc1c(CN)n(CC(C)(C)C)c(=O)c2cc(C(F)(F)F)ccc12.Cl. The fraction of sp³-hybridized carbons (Fsp3) is 0.550. The van der Waals surface area contributed by atoms with E-state index in [9.17, 15) is 18.0 Å². The number of ether oxygens (including phenoxy) is 1. The van der Waals surface area contributed by atoms with Gasteiger partial charge in [0.25, 0.3) is 5.56 Å². The summed E-state index contributed by atoms with van der Waals surface area (Å²) in [5, 5.41) is 0.368. The molecular formula is C20H28ClF3N2O2. The molecule has 2 N–H and O–H groups in total. The second-order valence-electron chi connectivity index (χ2n) is 7.89. The van der Waals surface area contributed by atoms with Gasteiger partial charge in [-0.1, -0.05) is 34.1 Å². The van der Waals surface area contributed by atoms with Crippen LogP contribution in [0, 0.1) is 5.41 Å². The second kappa shape index (κ2) is 9.18. The molecule has 1 aromatic carbocycles. The number of hydrogen-bond donors (Lipinski definition) is 1. The standard InChI is InChI=1S/C20H27F3N2O2.ClH/c1-5-6-9-27-17-14-8-7-13(20(21,22)23)10-15(14)18(26)25(16(17)11-24)12-19(2,3)4;/h7-8,10H,5-6,9,11-12,24H2,1-4H3;1H. The van der Waals surface area contributed by atoms with Crippen LogP contribution >= 0.6 is 12.4 Å². The molecule has 0 aliphatic carbocycles. The van der Waals surface area contributed by atoms with Crippen LogP contribution in [0.2, 0.25) is 0 Å². The Hall–Kier alpha value is -1.73. The Morgan fingerprint density at radius 3 is 2.29 bits per heavy atom. The van der Waals surface area contributed by atoms with Crippen LogP contribution in [0.5, 0.6) is 5.75 Å². The van der Waals surface area contributed by atoms with Crippen molar-refractivity contribution in [2.75, 3.05) is 6.61 Å². The van der Waals surface area contributed by atoms with Crippen molar-refractivity contribution < 1.29 is 17.9 Å². The van der Waals surface area contributed by atoms with Crippen LogP contribution in [0.4, 0.5) is 13.2 Å². The molecule has 8 heteroatoms. The molecule has 0 saturated carbocycles. The van der Waals surface area contributed by atoms with E-state index in [0.717, 1.165) is 25.0 Å². The van der Waals surface area contributed by atoms with Crippen LogP contribution in [-0.2, 0) is 19.3 Å². The first-order valence-electron chi connectivity index (χ1n) is 9.09. The lowest BCUT2D eigenvalue weighted by Crippen LogP contribution is -2.31. The molecule has 0 amide bonds. The number of alkyl halides is 3. The van der Waals surface area contributed by atoms with Gasteiger partial charge >= 0.3 is 6.18 Å².